The van der Waals surface area contributed by atoms with Crippen molar-refractivity contribution in [2.24, 2.45) is 0 Å². The van der Waals surface area contributed by atoms with Crippen molar-refractivity contribution < 1.29 is 19.5 Å². The zero-order chi connectivity index (χ0) is 17.0. The molecule has 0 atom stereocenters. The summed E-state index contributed by atoms with van der Waals surface area (Å²) in [5, 5.41) is 11.6. The molecule has 2 aromatic rings. The monoisotopic (exact) mass is 316 g/mol. The fourth-order valence-electron chi connectivity index (χ4n) is 1.88. The van der Waals surface area contributed by atoms with Crippen molar-refractivity contribution in [1.29, 1.82) is 0 Å². The molecule has 1 amide bonds. The fraction of sp³-hybridized carbons (Fsp3) is 0.188. The first kappa shape index (κ1) is 16.3. The Kier molecular flexibility index (Phi) is 4.80. The summed E-state index contributed by atoms with van der Waals surface area (Å²) in [6, 6.07) is 7.86. The van der Waals surface area contributed by atoms with E-state index in [0.29, 0.717) is 5.69 Å². The molecule has 23 heavy (non-hydrogen) atoms. The summed E-state index contributed by atoms with van der Waals surface area (Å²) < 4.78 is 0.728. The van der Waals surface area contributed by atoms with Gasteiger partial charge >= 0.3 is 5.97 Å². The van der Waals surface area contributed by atoms with Gasteiger partial charge in [0.2, 0.25) is 0 Å². The number of rotatable bonds is 5. The molecule has 2 N–H and O–H groups in total. The minimum Gasteiger partial charge on any atom is -0.478 e. The second kappa shape index (κ2) is 6.78. The van der Waals surface area contributed by atoms with Crippen molar-refractivity contribution in [3.05, 3.63) is 63.6 Å². The number of carboxylic acids is 1. The Labute approximate surface area is 132 Å². The van der Waals surface area contributed by atoms with Crippen molar-refractivity contribution in [1.82, 2.24) is 4.73 Å². The molecule has 120 valence electrons. The van der Waals surface area contributed by atoms with Gasteiger partial charge in [0.05, 0.1) is 11.8 Å². The van der Waals surface area contributed by atoms with Gasteiger partial charge in [0.25, 0.3) is 11.5 Å². The number of carbonyl (C=O) groups excluding carboxylic acids is 1. The largest absolute Gasteiger partial charge is 0.478 e. The number of aryl methyl sites for hydroxylation is 2. The maximum absolute atomic E-state index is 11.9. The third-order valence-electron chi connectivity index (χ3n) is 3.13. The van der Waals surface area contributed by atoms with Crippen molar-refractivity contribution >= 4 is 17.6 Å². The predicted molar refractivity (Wildman–Crippen MR) is 83.7 cm³/mol. The van der Waals surface area contributed by atoms with E-state index in [1.165, 1.54) is 6.07 Å². The lowest BCUT2D eigenvalue weighted by atomic mass is 10.1. The Morgan fingerprint density at radius 1 is 1.22 bits per heavy atom. The van der Waals surface area contributed by atoms with Gasteiger partial charge in [-0.05, 0) is 37.1 Å². The molecule has 1 aromatic heterocycles. The number of anilines is 1. The maximum Gasteiger partial charge on any atom is 0.337 e. The van der Waals surface area contributed by atoms with Crippen molar-refractivity contribution in [2.45, 2.75) is 13.8 Å². The Morgan fingerprint density at radius 3 is 2.65 bits per heavy atom. The number of aromatic carboxylic acids is 1. The molecule has 0 bridgehead atoms. The van der Waals surface area contributed by atoms with Crippen molar-refractivity contribution in [3.63, 3.8) is 0 Å². The van der Waals surface area contributed by atoms with Gasteiger partial charge in [-0.25, -0.2) is 4.79 Å². The van der Waals surface area contributed by atoms with E-state index in [9.17, 15) is 14.4 Å². The number of carbonyl (C=O) groups is 2. The quantitative estimate of drug-likeness (QED) is 0.864. The van der Waals surface area contributed by atoms with Crippen LogP contribution in [0.5, 0.6) is 0 Å². The average molecular weight is 316 g/mol. The standard InChI is InChI=1S/C16H16N2O5/c1-10-3-4-11(2)13(7-10)17-14(19)9-23-18-8-12(16(21)22)5-6-15(18)20/h3-8H,9H2,1-2H3,(H,17,19)(H,21,22). The van der Waals surface area contributed by atoms with E-state index < -0.39 is 24.0 Å². The number of benzene rings is 1. The van der Waals surface area contributed by atoms with Gasteiger partial charge in [-0.3, -0.25) is 9.59 Å². The molecule has 0 aliphatic rings. The Balaban J connectivity index is 2.05. The van der Waals surface area contributed by atoms with Crippen LogP contribution in [0.1, 0.15) is 21.5 Å². The third kappa shape index (κ3) is 4.19. The third-order valence-corrected chi connectivity index (χ3v) is 3.13. The van der Waals surface area contributed by atoms with Crippen LogP contribution in [0.2, 0.25) is 0 Å². The second-order valence-corrected chi connectivity index (χ2v) is 5.03. The van der Waals surface area contributed by atoms with E-state index in [-0.39, 0.29) is 5.56 Å². The van der Waals surface area contributed by atoms with Gasteiger partial charge in [0.15, 0.2) is 6.61 Å². The zero-order valence-corrected chi connectivity index (χ0v) is 12.7. The number of hydrogen-bond donors (Lipinski definition) is 2. The van der Waals surface area contributed by atoms with E-state index in [0.717, 1.165) is 28.1 Å². The van der Waals surface area contributed by atoms with E-state index >= 15 is 0 Å². The Hall–Kier alpha value is -3.09. The second-order valence-electron chi connectivity index (χ2n) is 5.03. The first-order chi connectivity index (χ1) is 10.9. The lowest BCUT2D eigenvalue weighted by Gasteiger charge is -2.11. The van der Waals surface area contributed by atoms with Crippen LogP contribution < -0.4 is 15.7 Å². The highest BCUT2D eigenvalue weighted by Crippen LogP contribution is 2.15. The molecule has 0 saturated carbocycles. The van der Waals surface area contributed by atoms with Gasteiger partial charge in [-0.1, -0.05) is 12.1 Å². The van der Waals surface area contributed by atoms with Crippen LogP contribution in [0.4, 0.5) is 5.69 Å². The molecule has 7 heteroatoms. The molecular weight excluding hydrogens is 300 g/mol. The van der Waals surface area contributed by atoms with Crippen LogP contribution in [-0.2, 0) is 4.79 Å². The summed E-state index contributed by atoms with van der Waals surface area (Å²) in [5.74, 6) is -1.64. The molecule has 0 aliphatic heterocycles. The molecule has 2 rings (SSSR count). The van der Waals surface area contributed by atoms with Gasteiger partial charge < -0.3 is 15.3 Å². The number of nitrogens with zero attached hydrogens (tertiary/aromatic N) is 1. The van der Waals surface area contributed by atoms with Crippen LogP contribution >= 0.6 is 0 Å². The maximum atomic E-state index is 11.9. The highest BCUT2D eigenvalue weighted by atomic mass is 16.7. The van der Waals surface area contributed by atoms with Crippen molar-refractivity contribution in [2.75, 3.05) is 11.9 Å². The highest BCUT2D eigenvalue weighted by Gasteiger charge is 2.09. The number of carboxylic acid groups (broad SMARTS) is 1. The van der Waals surface area contributed by atoms with Crippen LogP contribution in [-0.4, -0.2) is 28.3 Å². The molecule has 1 aromatic carbocycles. The summed E-state index contributed by atoms with van der Waals surface area (Å²) in [6.07, 6.45) is 1.02. The number of hydrogen-bond acceptors (Lipinski definition) is 4. The first-order valence-corrected chi connectivity index (χ1v) is 6.83. The molecule has 0 aliphatic carbocycles. The van der Waals surface area contributed by atoms with Crippen LogP contribution in [0.15, 0.2) is 41.3 Å². The molecule has 0 fully saturated rings. The summed E-state index contributed by atoms with van der Waals surface area (Å²) in [4.78, 5) is 39.4. The van der Waals surface area contributed by atoms with Gasteiger partial charge in [-0.15, -0.1) is 0 Å². The van der Waals surface area contributed by atoms with Crippen LogP contribution in [0, 0.1) is 13.8 Å². The SMILES string of the molecule is Cc1ccc(C)c(NC(=O)COn2cc(C(=O)O)ccc2=O)c1. The molecule has 0 radical (unpaired) electrons. The topological polar surface area (TPSA) is 97.6 Å². The minimum atomic E-state index is -1.19. The fourth-order valence-corrected chi connectivity index (χ4v) is 1.88. The smallest absolute Gasteiger partial charge is 0.337 e. The van der Waals surface area contributed by atoms with Crippen LogP contribution in [0.25, 0.3) is 0 Å². The highest BCUT2D eigenvalue weighted by molar-refractivity contribution is 5.92. The van der Waals surface area contributed by atoms with Gasteiger partial charge in [-0.2, -0.15) is 4.73 Å². The molecular formula is C16H16N2O5. The van der Waals surface area contributed by atoms with E-state index in [1.54, 1.807) is 0 Å². The number of amides is 1. The number of aromatic nitrogens is 1. The molecule has 0 spiro atoms. The lowest BCUT2D eigenvalue weighted by molar-refractivity contribution is -0.120. The predicted octanol–water partition coefficient (Wildman–Crippen LogP) is 1.23. The van der Waals surface area contributed by atoms with Gasteiger partial charge in [0.1, 0.15) is 0 Å². The summed E-state index contributed by atoms with van der Waals surface area (Å²) in [5.41, 5.74) is 1.88. The molecule has 1 heterocycles. The zero-order valence-electron chi connectivity index (χ0n) is 12.7. The Bertz CT molecular complexity index is 810. The summed E-state index contributed by atoms with van der Waals surface area (Å²) in [7, 11) is 0. The van der Waals surface area contributed by atoms with Gasteiger partial charge in [0, 0.05) is 11.8 Å². The minimum absolute atomic E-state index is 0.112. The molecule has 7 nitrogen and oxygen atoms in total. The summed E-state index contributed by atoms with van der Waals surface area (Å²) in [6.45, 7) is 3.34. The molecule has 0 unspecified atom stereocenters. The van der Waals surface area contributed by atoms with E-state index in [4.69, 9.17) is 9.94 Å². The van der Waals surface area contributed by atoms with E-state index in [2.05, 4.69) is 5.32 Å². The lowest BCUT2D eigenvalue weighted by Crippen LogP contribution is -2.32. The number of nitrogens with one attached hydrogen (secondary N) is 1. The molecule has 0 saturated heterocycles. The normalized spacial score (nSPS) is 10.2. The number of pyridine rings is 1. The van der Waals surface area contributed by atoms with E-state index in [1.807, 2.05) is 32.0 Å². The van der Waals surface area contributed by atoms with Crippen LogP contribution in [0.3, 0.4) is 0 Å². The summed E-state index contributed by atoms with van der Waals surface area (Å²) >= 11 is 0. The average Bonchev–Trinajstić information content (AvgIpc) is 2.50. The van der Waals surface area contributed by atoms with Crippen molar-refractivity contribution in [3.8, 4) is 0 Å². The first-order valence-electron chi connectivity index (χ1n) is 6.83. The Morgan fingerprint density at radius 2 is 1.96 bits per heavy atom.